The van der Waals surface area contributed by atoms with Crippen molar-refractivity contribution in [3.05, 3.63) is 12.7 Å². The van der Waals surface area contributed by atoms with E-state index in [-0.39, 0.29) is 36.7 Å². The first-order valence-corrected chi connectivity index (χ1v) is 6.58. The minimum atomic E-state index is -0.367. The maximum atomic E-state index is 12.1. The SMILES string of the molecule is C=CCCCN1CCNC(CC(=O)NCC)C1=O.Cl. The third-order valence-corrected chi connectivity index (χ3v) is 2.98. The van der Waals surface area contributed by atoms with Crippen LogP contribution in [0.1, 0.15) is 26.2 Å². The van der Waals surface area contributed by atoms with Crippen molar-refractivity contribution >= 4 is 24.2 Å². The number of piperazine rings is 1. The van der Waals surface area contributed by atoms with Gasteiger partial charge in [-0.2, -0.15) is 0 Å². The Hall–Kier alpha value is -1.07. The molecular formula is C13H24ClN3O2. The molecule has 0 bridgehead atoms. The molecule has 0 aromatic rings. The molecule has 19 heavy (non-hydrogen) atoms. The number of allylic oxidation sites excluding steroid dienone is 1. The highest BCUT2D eigenvalue weighted by Crippen LogP contribution is 2.07. The number of unbranched alkanes of at least 4 members (excludes halogenated alkanes) is 1. The zero-order valence-corrected chi connectivity index (χ0v) is 12.3. The number of nitrogens with zero attached hydrogens (tertiary/aromatic N) is 1. The van der Waals surface area contributed by atoms with Crippen molar-refractivity contribution in [2.75, 3.05) is 26.2 Å². The summed E-state index contributed by atoms with van der Waals surface area (Å²) < 4.78 is 0. The predicted octanol–water partition coefficient (Wildman–Crippen LogP) is 0.701. The largest absolute Gasteiger partial charge is 0.356 e. The molecule has 1 rings (SSSR count). The van der Waals surface area contributed by atoms with E-state index in [0.717, 1.165) is 32.5 Å². The van der Waals surface area contributed by atoms with E-state index in [1.165, 1.54) is 0 Å². The van der Waals surface area contributed by atoms with Gasteiger partial charge in [-0.15, -0.1) is 19.0 Å². The zero-order chi connectivity index (χ0) is 13.4. The number of hydrogen-bond donors (Lipinski definition) is 2. The van der Waals surface area contributed by atoms with Gasteiger partial charge in [-0.05, 0) is 19.8 Å². The summed E-state index contributed by atoms with van der Waals surface area (Å²) in [7, 11) is 0. The fraction of sp³-hybridized carbons (Fsp3) is 0.692. The van der Waals surface area contributed by atoms with Gasteiger partial charge in [-0.1, -0.05) is 6.08 Å². The van der Waals surface area contributed by atoms with Crippen LogP contribution in [0.2, 0.25) is 0 Å². The van der Waals surface area contributed by atoms with E-state index in [2.05, 4.69) is 17.2 Å². The lowest BCUT2D eigenvalue weighted by molar-refractivity contribution is -0.138. The van der Waals surface area contributed by atoms with Gasteiger partial charge in [0.25, 0.3) is 0 Å². The van der Waals surface area contributed by atoms with Crippen LogP contribution < -0.4 is 10.6 Å². The second kappa shape index (κ2) is 9.81. The molecule has 1 aliphatic rings. The molecule has 0 aliphatic carbocycles. The third kappa shape index (κ3) is 6.07. The maximum absolute atomic E-state index is 12.1. The molecule has 1 heterocycles. The summed E-state index contributed by atoms with van der Waals surface area (Å²) in [5, 5.41) is 5.82. The second-order valence-electron chi connectivity index (χ2n) is 4.42. The second-order valence-corrected chi connectivity index (χ2v) is 4.42. The van der Waals surface area contributed by atoms with Crippen molar-refractivity contribution < 1.29 is 9.59 Å². The van der Waals surface area contributed by atoms with Crippen molar-refractivity contribution in [3.8, 4) is 0 Å². The van der Waals surface area contributed by atoms with Crippen molar-refractivity contribution in [2.45, 2.75) is 32.2 Å². The normalized spacial score (nSPS) is 18.7. The van der Waals surface area contributed by atoms with Crippen LogP contribution in [0.4, 0.5) is 0 Å². The summed E-state index contributed by atoms with van der Waals surface area (Å²) in [6, 6.07) is -0.367. The van der Waals surface area contributed by atoms with Crippen LogP contribution >= 0.6 is 12.4 Å². The fourth-order valence-electron chi connectivity index (χ4n) is 2.05. The third-order valence-electron chi connectivity index (χ3n) is 2.98. The van der Waals surface area contributed by atoms with Gasteiger partial charge in [0.2, 0.25) is 11.8 Å². The molecule has 0 aromatic heterocycles. The van der Waals surface area contributed by atoms with Gasteiger partial charge in [-0.3, -0.25) is 9.59 Å². The Labute approximate surface area is 121 Å². The summed E-state index contributed by atoms with van der Waals surface area (Å²) in [4.78, 5) is 25.4. The molecule has 2 amide bonds. The average Bonchev–Trinajstić information content (AvgIpc) is 2.34. The Bertz CT molecular complexity index is 310. The summed E-state index contributed by atoms with van der Waals surface area (Å²) in [6.07, 6.45) is 3.94. The van der Waals surface area contributed by atoms with Gasteiger partial charge in [-0.25, -0.2) is 0 Å². The van der Waals surface area contributed by atoms with Crippen LogP contribution in [0.25, 0.3) is 0 Å². The Morgan fingerprint density at radius 2 is 2.37 bits per heavy atom. The summed E-state index contributed by atoms with van der Waals surface area (Å²) in [5.41, 5.74) is 0. The molecule has 5 nitrogen and oxygen atoms in total. The Balaban J connectivity index is 0.00000324. The van der Waals surface area contributed by atoms with Crippen LogP contribution in [0.15, 0.2) is 12.7 Å². The lowest BCUT2D eigenvalue weighted by Gasteiger charge is -2.33. The van der Waals surface area contributed by atoms with E-state index in [1.807, 2.05) is 17.9 Å². The van der Waals surface area contributed by atoms with E-state index < -0.39 is 0 Å². The van der Waals surface area contributed by atoms with E-state index in [1.54, 1.807) is 0 Å². The predicted molar refractivity (Wildman–Crippen MR) is 78.4 cm³/mol. The molecule has 0 spiro atoms. The fourth-order valence-corrected chi connectivity index (χ4v) is 2.05. The van der Waals surface area contributed by atoms with Gasteiger partial charge in [0.05, 0.1) is 12.5 Å². The van der Waals surface area contributed by atoms with E-state index in [0.29, 0.717) is 6.54 Å². The van der Waals surface area contributed by atoms with Gasteiger partial charge in [0.1, 0.15) is 0 Å². The Morgan fingerprint density at radius 3 is 3.00 bits per heavy atom. The van der Waals surface area contributed by atoms with Crippen molar-refractivity contribution in [1.82, 2.24) is 15.5 Å². The van der Waals surface area contributed by atoms with Crippen LogP contribution in [0.5, 0.6) is 0 Å². The number of halogens is 1. The van der Waals surface area contributed by atoms with Gasteiger partial charge >= 0.3 is 0 Å². The molecule has 1 saturated heterocycles. The highest BCUT2D eigenvalue weighted by molar-refractivity contribution is 5.88. The number of amides is 2. The minimum absolute atomic E-state index is 0. The smallest absolute Gasteiger partial charge is 0.240 e. The molecule has 2 N–H and O–H groups in total. The molecular weight excluding hydrogens is 266 g/mol. The molecule has 0 aromatic carbocycles. The van der Waals surface area contributed by atoms with Crippen molar-refractivity contribution in [1.29, 1.82) is 0 Å². The molecule has 1 unspecified atom stereocenters. The van der Waals surface area contributed by atoms with Crippen LogP contribution in [0, 0.1) is 0 Å². The number of carbonyl (C=O) groups is 2. The van der Waals surface area contributed by atoms with Crippen molar-refractivity contribution in [2.24, 2.45) is 0 Å². The lowest BCUT2D eigenvalue weighted by Crippen LogP contribution is -2.56. The summed E-state index contributed by atoms with van der Waals surface area (Å²) in [5.74, 6) is -0.0344. The lowest BCUT2D eigenvalue weighted by atomic mass is 10.1. The van der Waals surface area contributed by atoms with Gasteiger partial charge in [0, 0.05) is 26.2 Å². The highest BCUT2D eigenvalue weighted by atomic mass is 35.5. The van der Waals surface area contributed by atoms with Crippen LogP contribution in [0.3, 0.4) is 0 Å². The first-order chi connectivity index (χ1) is 8.69. The molecule has 0 saturated carbocycles. The Morgan fingerprint density at radius 1 is 1.63 bits per heavy atom. The van der Waals surface area contributed by atoms with E-state index >= 15 is 0 Å². The summed E-state index contributed by atoms with van der Waals surface area (Å²) >= 11 is 0. The van der Waals surface area contributed by atoms with Gasteiger partial charge < -0.3 is 15.5 Å². The maximum Gasteiger partial charge on any atom is 0.240 e. The van der Waals surface area contributed by atoms with Gasteiger partial charge in [0.15, 0.2) is 0 Å². The first-order valence-electron chi connectivity index (χ1n) is 6.58. The quantitative estimate of drug-likeness (QED) is 0.536. The van der Waals surface area contributed by atoms with Crippen LogP contribution in [-0.4, -0.2) is 48.9 Å². The monoisotopic (exact) mass is 289 g/mol. The molecule has 1 fully saturated rings. The number of nitrogens with one attached hydrogen (secondary N) is 2. The van der Waals surface area contributed by atoms with Crippen molar-refractivity contribution in [3.63, 3.8) is 0 Å². The minimum Gasteiger partial charge on any atom is -0.356 e. The summed E-state index contributed by atoms with van der Waals surface area (Å²) in [6.45, 7) is 8.37. The average molecular weight is 290 g/mol. The topological polar surface area (TPSA) is 61.4 Å². The molecule has 110 valence electrons. The standard InChI is InChI=1S/C13H23N3O2.ClH/c1-3-5-6-8-16-9-7-15-11(13(16)18)10-12(17)14-4-2;/h3,11,15H,1,4-10H2,2H3,(H,14,17);1H. The zero-order valence-electron chi connectivity index (χ0n) is 11.5. The van der Waals surface area contributed by atoms with E-state index in [4.69, 9.17) is 0 Å². The number of carbonyl (C=O) groups excluding carboxylic acids is 2. The number of hydrogen-bond acceptors (Lipinski definition) is 3. The molecule has 6 heteroatoms. The molecule has 0 radical (unpaired) electrons. The number of rotatable bonds is 7. The molecule has 1 atom stereocenters. The van der Waals surface area contributed by atoms with E-state index in [9.17, 15) is 9.59 Å². The first kappa shape index (κ1) is 17.9. The highest BCUT2D eigenvalue weighted by Gasteiger charge is 2.29. The van der Waals surface area contributed by atoms with Crippen LogP contribution in [-0.2, 0) is 9.59 Å². The Kier molecular flexibility index (Phi) is 9.26. The molecule has 1 aliphatic heterocycles.